The lowest BCUT2D eigenvalue weighted by atomic mass is 9.89. The van der Waals surface area contributed by atoms with Crippen LogP contribution in [-0.4, -0.2) is 9.97 Å². The third-order valence-corrected chi connectivity index (χ3v) is 7.13. The van der Waals surface area contributed by atoms with Crippen LogP contribution in [0.2, 0.25) is 0 Å². The van der Waals surface area contributed by atoms with Crippen molar-refractivity contribution in [3.8, 4) is 11.8 Å². The van der Waals surface area contributed by atoms with Crippen LogP contribution in [0.25, 0.3) is 21.9 Å². The van der Waals surface area contributed by atoms with Gasteiger partial charge in [0.2, 0.25) is 0 Å². The zero-order valence-corrected chi connectivity index (χ0v) is 19.1. The van der Waals surface area contributed by atoms with Crippen LogP contribution in [0.5, 0.6) is 5.75 Å². The average Bonchev–Trinajstić information content (AvgIpc) is 3.20. The molecule has 5 rings (SSSR count). The van der Waals surface area contributed by atoms with Gasteiger partial charge in [-0.15, -0.1) is 11.3 Å². The summed E-state index contributed by atoms with van der Waals surface area (Å²) in [6.07, 6.45) is 4.74. The number of rotatable bonds is 5. The van der Waals surface area contributed by atoms with Crippen LogP contribution < -0.4 is 10.3 Å². The predicted molar refractivity (Wildman–Crippen MR) is 132 cm³/mol. The van der Waals surface area contributed by atoms with Gasteiger partial charge in [0.05, 0.1) is 11.0 Å². The lowest BCUT2D eigenvalue weighted by molar-refractivity contribution is 0.306. The highest BCUT2D eigenvalue weighted by molar-refractivity contribution is 7.18. The maximum Gasteiger partial charge on any atom is 0.260 e. The van der Waals surface area contributed by atoms with E-state index in [2.05, 4.69) is 23.0 Å². The highest BCUT2D eigenvalue weighted by atomic mass is 32.1. The quantitative estimate of drug-likeness (QED) is 0.390. The fourth-order valence-corrected chi connectivity index (χ4v) is 5.58. The van der Waals surface area contributed by atoms with Gasteiger partial charge in [-0.3, -0.25) is 4.79 Å². The molecule has 0 radical (unpaired) electrons. The topological polar surface area (TPSA) is 78.8 Å². The lowest BCUT2D eigenvalue weighted by Crippen LogP contribution is -2.14. The minimum absolute atomic E-state index is 0.159. The Morgan fingerprint density at radius 1 is 1.24 bits per heavy atom. The van der Waals surface area contributed by atoms with Crippen LogP contribution in [0, 0.1) is 17.2 Å². The van der Waals surface area contributed by atoms with Crippen LogP contribution in [0.3, 0.4) is 0 Å². The van der Waals surface area contributed by atoms with E-state index in [1.807, 2.05) is 54.6 Å². The number of H-pyrrole nitrogens is 1. The zero-order chi connectivity index (χ0) is 22.8. The smallest absolute Gasteiger partial charge is 0.260 e. The van der Waals surface area contributed by atoms with Gasteiger partial charge in [0.25, 0.3) is 5.56 Å². The number of allylic oxidation sites excluding steroid dienone is 1. The minimum Gasteiger partial charge on any atom is -0.489 e. The Morgan fingerprint density at radius 3 is 2.79 bits per heavy atom. The number of nitrogens with one attached hydrogen (secondary N) is 1. The second kappa shape index (κ2) is 9.05. The molecule has 0 bridgehead atoms. The number of benzene rings is 2. The van der Waals surface area contributed by atoms with Crippen LogP contribution in [0.15, 0.2) is 59.4 Å². The number of fused-ring (bicyclic) bond motifs is 3. The molecule has 0 saturated carbocycles. The second-order valence-corrected chi connectivity index (χ2v) is 9.54. The van der Waals surface area contributed by atoms with Gasteiger partial charge in [0, 0.05) is 4.88 Å². The van der Waals surface area contributed by atoms with Crippen LogP contribution in [-0.2, 0) is 19.4 Å². The molecule has 0 fully saturated rings. The Hall–Kier alpha value is -3.69. The molecule has 6 heteroatoms. The van der Waals surface area contributed by atoms with E-state index in [9.17, 15) is 10.1 Å². The third kappa shape index (κ3) is 4.46. The Bertz CT molecular complexity index is 1430. The second-order valence-electron chi connectivity index (χ2n) is 8.46. The molecule has 4 aromatic rings. The van der Waals surface area contributed by atoms with Gasteiger partial charge in [0.15, 0.2) is 5.82 Å². The van der Waals surface area contributed by atoms with Gasteiger partial charge in [-0.2, -0.15) is 5.26 Å². The van der Waals surface area contributed by atoms with E-state index in [4.69, 9.17) is 4.74 Å². The van der Waals surface area contributed by atoms with Crippen molar-refractivity contribution in [1.29, 1.82) is 5.26 Å². The van der Waals surface area contributed by atoms with Gasteiger partial charge >= 0.3 is 0 Å². The van der Waals surface area contributed by atoms with E-state index >= 15 is 0 Å². The summed E-state index contributed by atoms with van der Waals surface area (Å²) in [6.45, 7) is 2.74. The first kappa shape index (κ1) is 21.2. The fraction of sp³-hybridized carbons (Fsp3) is 0.222. The molecule has 1 atom stereocenters. The van der Waals surface area contributed by atoms with Crippen molar-refractivity contribution in [1.82, 2.24) is 9.97 Å². The van der Waals surface area contributed by atoms with Gasteiger partial charge in [-0.25, -0.2) is 4.98 Å². The van der Waals surface area contributed by atoms with Crippen molar-refractivity contribution in [2.24, 2.45) is 5.92 Å². The summed E-state index contributed by atoms with van der Waals surface area (Å²) in [5.41, 5.74) is 3.24. The first-order valence-electron chi connectivity index (χ1n) is 11.0. The molecule has 0 amide bonds. The molecule has 0 saturated heterocycles. The number of ether oxygens (including phenoxy) is 1. The Morgan fingerprint density at radius 2 is 2.03 bits per heavy atom. The highest BCUT2D eigenvalue weighted by Crippen LogP contribution is 2.36. The standard InChI is InChI=1S/C27H23N3O2S/c1-17-7-12-22-23(13-17)33-27-24(22)26(31)29-25(30-27)20(15-28)14-18-8-10-21(11-9-18)32-16-19-5-3-2-4-6-19/h2-6,8-11,14,17H,7,12-13,16H2,1H3,(H,29,30,31)/b20-14-/t17-/m0/s1. The first-order chi connectivity index (χ1) is 16.1. The SMILES string of the molecule is C[C@H]1CCc2c(sc3nc(/C(C#N)=C\c4ccc(OCc5ccccc5)cc4)[nH]c(=O)c23)C1. The van der Waals surface area contributed by atoms with E-state index in [1.165, 1.54) is 4.88 Å². The monoisotopic (exact) mass is 453 g/mol. The average molecular weight is 454 g/mol. The minimum atomic E-state index is -0.159. The van der Waals surface area contributed by atoms with Crippen molar-refractivity contribution in [2.75, 3.05) is 0 Å². The number of nitrogens with zero attached hydrogens (tertiary/aromatic N) is 2. The largest absolute Gasteiger partial charge is 0.489 e. The molecule has 5 nitrogen and oxygen atoms in total. The molecule has 2 aromatic heterocycles. The molecule has 1 N–H and O–H groups in total. The molecule has 2 heterocycles. The van der Waals surface area contributed by atoms with E-state index in [-0.39, 0.29) is 5.56 Å². The Kier molecular flexibility index (Phi) is 5.80. The number of nitriles is 1. The molecule has 2 aromatic carbocycles. The summed E-state index contributed by atoms with van der Waals surface area (Å²) in [5, 5.41) is 10.5. The first-order valence-corrected chi connectivity index (χ1v) is 11.9. The number of hydrogen-bond donors (Lipinski definition) is 1. The fourth-order valence-electron chi connectivity index (χ4n) is 4.20. The van der Waals surface area contributed by atoms with Crippen molar-refractivity contribution in [2.45, 2.75) is 32.8 Å². The summed E-state index contributed by atoms with van der Waals surface area (Å²) in [6, 6.07) is 19.7. The van der Waals surface area contributed by atoms with Gasteiger partial charge in [0.1, 0.15) is 23.3 Å². The predicted octanol–water partition coefficient (Wildman–Crippen LogP) is 5.75. The van der Waals surface area contributed by atoms with E-state index < -0.39 is 0 Å². The maximum absolute atomic E-state index is 12.9. The van der Waals surface area contributed by atoms with Crippen molar-refractivity contribution in [3.05, 3.63) is 92.3 Å². The Labute approximate surface area is 196 Å². The van der Waals surface area contributed by atoms with Crippen molar-refractivity contribution in [3.63, 3.8) is 0 Å². The van der Waals surface area contributed by atoms with Gasteiger partial charge in [-0.05, 0) is 60.1 Å². The summed E-state index contributed by atoms with van der Waals surface area (Å²) >= 11 is 1.59. The lowest BCUT2D eigenvalue weighted by Gasteiger charge is -2.17. The number of aromatic amines is 1. The molecule has 1 aliphatic rings. The molecule has 33 heavy (non-hydrogen) atoms. The molecule has 0 unspecified atom stereocenters. The van der Waals surface area contributed by atoms with Gasteiger partial charge < -0.3 is 9.72 Å². The van der Waals surface area contributed by atoms with E-state index in [1.54, 1.807) is 17.4 Å². The molecule has 1 aliphatic carbocycles. The van der Waals surface area contributed by atoms with E-state index in [0.717, 1.165) is 46.5 Å². The van der Waals surface area contributed by atoms with Crippen LogP contribution in [0.4, 0.5) is 0 Å². The Balaban J connectivity index is 1.40. The maximum atomic E-state index is 12.9. The number of aromatic nitrogens is 2. The zero-order valence-electron chi connectivity index (χ0n) is 18.3. The summed E-state index contributed by atoms with van der Waals surface area (Å²) in [5.74, 6) is 1.69. The summed E-state index contributed by atoms with van der Waals surface area (Å²) in [7, 11) is 0. The van der Waals surface area contributed by atoms with E-state index in [0.29, 0.717) is 29.3 Å². The molecule has 0 aliphatic heterocycles. The molecular weight excluding hydrogens is 430 g/mol. The molecule has 0 spiro atoms. The normalized spacial score (nSPS) is 15.8. The molecule has 164 valence electrons. The van der Waals surface area contributed by atoms with Crippen LogP contribution >= 0.6 is 11.3 Å². The number of thiophene rings is 1. The van der Waals surface area contributed by atoms with Crippen LogP contribution in [0.1, 0.15) is 40.7 Å². The van der Waals surface area contributed by atoms with Crippen molar-refractivity contribution < 1.29 is 4.74 Å². The van der Waals surface area contributed by atoms with Crippen molar-refractivity contribution >= 4 is 33.2 Å². The third-order valence-electron chi connectivity index (χ3n) is 5.98. The number of aryl methyl sites for hydroxylation is 1. The number of hydrogen-bond acceptors (Lipinski definition) is 5. The van der Waals surface area contributed by atoms with Gasteiger partial charge in [-0.1, -0.05) is 49.4 Å². The summed E-state index contributed by atoms with van der Waals surface area (Å²) in [4.78, 5) is 22.4. The summed E-state index contributed by atoms with van der Waals surface area (Å²) < 4.78 is 5.83. The highest BCUT2D eigenvalue weighted by Gasteiger charge is 2.23. The molecular formula is C27H23N3O2S.